The number of methoxy groups -OCH3 is 1. The molecule has 106 valence electrons. The van der Waals surface area contributed by atoms with E-state index in [-0.39, 0.29) is 11.3 Å². The van der Waals surface area contributed by atoms with Crippen molar-refractivity contribution in [1.29, 1.82) is 0 Å². The monoisotopic (exact) mass is 279 g/mol. The predicted octanol–water partition coefficient (Wildman–Crippen LogP) is -0.410. The van der Waals surface area contributed by atoms with Gasteiger partial charge in [-0.15, -0.1) is 0 Å². The minimum absolute atomic E-state index is 0.0333. The lowest BCUT2D eigenvalue weighted by atomic mass is 10.1. The maximum Gasteiger partial charge on any atom is 0.339 e. The second-order valence-corrected chi connectivity index (χ2v) is 3.54. The zero-order chi connectivity index (χ0) is 15.1. The Morgan fingerprint density at radius 1 is 1.30 bits per heavy atom. The van der Waals surface area contributed by atoms with Gasteiger partial charge in [0.15, 0.2) is 0 Å². The number of hydrazone groups is 1. The lowest BCUT2D eigenvalue weighted by Gasteiger charge is -2.05. The first-order valence-corrected chi connectivity index (χ1v) is 5.46. The molecule has 1 rings (SSSR count). The number of ether oxygens (including phenoxy) is 1. The van der Waals surface area contributed by atoms with Crippen LogP contribution in [-0.2, 0) is 9.59 Å². The topological polar surface area (TPSA) is 117 Å². The fourth-order valence-corrected chi connectivity index (χ4v) is 1.30. The summed E-state index contributed by atoms with van der Waals surface area (Å²) >= 11 is 0. The third-order valence-electron chi connectivity index (χ3n) is 2.27. The van der Waals surface area contributed by atoms with Crippen LogP contribution >= 0.6 is 0 Å². The van der Waals surface area contributed by atoms with Crippen LogP contribution in [-0.4, -0.2) is 43.3 Å². The Kier molecular flexibility index (Phi) is 5.21. The van der Waals surface area contributed by atoms with E-state index in [0.29, 0.717) is 5.56 Å². The summed E-state index contributed by atoms with van der Waals surface area (Å²) in [7, 11) is 2.67. The highest BCUT2D eigenvalue weighted by atomic mass is 16.5. The quantitative estimate of drug-likeness (QED) is 0.393. The Bertz CT molecular complexity index is 568. The smallest absolute Gasteiger partial charge is 0.339 e. The molecule has 0 aliphatic carbocycles. The SMILES string of the molecule is CNC(=O)C(=O)N/N=C\c1ccc(OC)c(C(=O)O)c1. The van der Waals surface area contributed by atoms with E-state index in [1.807, 2.05) is 5.43 Å². The van der Waals surface area contributed by atoms with Crippen LogP contribution in [0.3, 0.4) is 0 Å². The van der Waals surface area contributed by atoms with Crippen LogP contribution in [0.15, 0.2) is 23.3 Å². The number of rotatable bonds is 4. The van der Waals surface area contributed by atoms with Crippen molar-refractivity contribution in [3.05, 3.63) is 29.3 Å². The largest absolute Gasteiger partial charge is 0.496 e. The van der Waals surface area contributed by atoms with E-state index in [2.05, 4.69) is 10.4 Å². The number of benzene rings is 1. The summed E-state index contributed by atoms with van der Waals surface area (Å²) < 4.78 is 4.90. The van der Waals surface area contributed by atoms with Gasteiger partial charge in [0.05, 0.1) is 13.3 Å². The molecule has 8 heteroatoms. The van der Waals surface area contributed by atoms with Crippen LogP contribution in [0.25, 0.3) is 0 Å². The molecule has 0 aromatic heterocycles. The number of carbonyl (C=O) groups excluding carboxylic acids is 2. The molecule has 8 nitrogen and oxygen atoms in total. The van der Waals surface area contributed by atoms with E-state index >= 15 is 0 Å². The van der Waals surface area contributed by atoms with E-state index in [1.165, 1.54) is 32.5 Å². The van der Waals surface area contributed by atoms with Crippen molar-refractivity contribution in [2.45, 2.75) is 0 Å². The fourth-order valence-electron chi connectivity index (χ4n) is 1.30. The number of hydrogen-bond donors (Lipinski definition) is 3. The van der Waals surface area contributed by atoms with Gasteiger partial charge in [-0.1, -0.05) is 0 Å². The van der Waals surface area contributed by atoms with Crippen LogP contribution < -0.4 is 15.5 Å². The van der Waals surface area contributed by atoms with Crippen LogP contribution in [0.5, 0.6) is 5.75 Å². The third kappa shape index (κ3) is 3.80. The summed E-state index contributed by atoms with van der Waals surface area (Å²) in [6.07, 6.45) is 1.22. The number of nitrogens with one attached hydrogen (secondary N) is 2. The summed E-state index contributed by atoms with van der Waals surface area (Å²) in [4.78, 5) is 33.0. The Balaban J connectivity index is 2.83. The van der Waals surface area contributed by atoms with Crippen molar-refractivity contribution in [2.24, 2.45) is 5.10 Å². The molecule has 0 fully saturated rings. The molecule has 0 aliphatic heterocycles. The standard InChI is InChI=1S/C12H13N3O5/c1-13-10(16)11(17)15-14-6-7-3-4-9(20-2)8(5-7)12(18)19/h3-6H,1-2H3,(H,13,16)(H,15,17)(H,18,19)/b14-6-. The van der Waals surface area contributed by atoms with Crippen LogP contribution in [0.4, 0.5) is 0 Å². The third-order valence-corrected chi connectivity index (χ3v) is 2.27. The molecule has 0 bridgehead atoms. The predicted molar refractivity (Wildman–Crippen MR) is 69.8 cm³/mol. The number of aromatic carboxylic acids is 1. The maximum absolute atomic E-state index is 11.1. The fraction of sp³-hybridized carbons (Fsp3) is 0.167. The lowest BCUT2D eigenvalue weighted by Crippen LogP contribution is -2.35. The molecule has 0 saturated heterocycles. The molecule has 3 N–H and O–H groups in total. The summed E-state index contributed by atoms with van der Waals surface area (Å²) in [5.41, 5.74) is 2.40. The first kappa shape index (κ1) is 15.2. The van der Waals surface area contributed by atoms with Crippen LogP contribution in [0.2, 0.25) is 0 Å². The molecule has 0 heterocycles. The number of hydrogen-bond acceptors (Lipinski definition) is 5. The number of carboxylic acid groups (broad SMARTS) is 1. The first-order valence-electron chi connectivity index (χ1n) is 5.46. The summed E-state index contributed by atoms with van der Waals surface area (Å²) in [6, 6.07) is 4.35. The minimum Gasteiger partial charge on any atom is -0.496 e. The molecule has 0 aliphatic rings. The molecular weight excluding hydrogens is 266 g/mol. The Labute approximate surface area is 114 Å². The zero-order valence-electron chi connectivity index (χ0n) is 10.8. The van der Waals surface area contributed by atoms with Crippen molar-refractivity contribution < 1.29 is 24.2 Å². The normalized spacial score (nSPS) is 10.1. The summed E-state index contributed by atoms with van der Waals surface area (Å²) in [5, 5.41) is 14.7. The average Bonchev–Trinajstić information content (AvgIpc) is 2.45. The van der Waals surface area contributed by atoms with Crippen LogP contribution in [0.1, 0.15) is 15.9 Å². The van der Waals surface area contributed by atoms with Crippen molar-refractivity contribution in [3.8, 4) is 5.75 Å². The number of carbonyl (C=O) groups is 3. The zero-order valence-corrected chi connectivity index (χ0v) is 10.8. The van der Waals surface area contributed by atoms with Crippen molar-refractivity contribution in [2.75, 3.05) is 14.2 Å². The van der Waals surface area contributed by atoms with E-state index < -0.39 is 17.8 Å². The maximum atomic E-state index is 11.1. The highest BCUT2D eigenvalue weighted by Crippen LogP contribution is 2.18. The molecule has 2 amide bonds. The molecule has 0 radical (unpaired) electrons. The first-order chi connectivity index (χ1) is 9.49. The lowest BCUT2D eigenvalue weighted by molar-refractivity contribution is -0.138. The van der Waals surface area contributed by atoms with Gasteiger partial charge in [-0.2, -0.15) is 5.10 Å². The van der Waals surface area contributed by atoms with E-state index in [4.69, 9.17) is 9.84 Å². The van der Waals surface area contributed by atoms with E-state index in [0.717, 1.165) is 0 Å². The molecule has 1 aromatic rings. The highest BCUT2D eigenvalue weighted by Gasteiger charge is 2.11. The average molecular weight is 279 g/mol. The summed E-state index contributed by atoms with van der Waals surface area (Å²) in [5.74, 6) is -2.69. The molecular formula is C12H13N3O5. The second kappa shape index (κ2) is 6.88. The van der Waals surface area contributed by atoms with Crippen molar-refractivity contribution in [3.63, 3.8) is 0 Å². The molecule has 0 unspecified atom stereocenters. The van der Waals surface area contributed by atoms with Gasteiger partial charge in [0.1, 0.15) is 11.3 Å². The van der Waals surface area contributed by atoms with Crippen molar-refractivity contribution in [1.82, 2.24) is 10.7 Å². The van der Waals surface area contributed by atoms with Gasteiger partial charge >= 0.3 is 17.8 Å². The van der Waals surface area contributed by atoms with Gasteiger partial charge in [-0.25, -0.2) is 10.2 Å². The van der Waals surface area contributed by atoms with E-state index in [9.17, 15) is 14.4 Å². The van der Waals surface area contributed by atoms with Gasteiger partial charge in [0.2, 0.25) is 0 Å². The van der Waals surface area contributed by atoms with Gasteiger partial charge in [-0.3, -0.25) is 9.59 Å². The van der Waals surface area contributed by atoms with E-state index in [1.54, 1.807) is 6.07 Å². The summed E-state index contributed by atoms with van der Waals surface area (Å²) in [6.45, 7) is 0. The number of carboxylic acids is 1. The van der Waals surface area contributed by atoms with Gasteiger partial charge in [0, 0.05) is 7.05 Å². The Hall–Kier alpha value is -2.90. The molecule has 20 heavy (non-hydrogen) atoms. The van der Waals surface area contributed by atoms with Gasteiger partial charge < -0.3 is 15.2 Å². The second-order valence-electron chi connectivity index (χ2n) is 3.54. The highest BCUT2D eigenvalue weighted by molar-refractivity contribution is 6.34. The Morgan fingerprint density at radius 3 is 2.55 bits per heavy atom. The van der Waals surface area contributed by atoms with Gasteiger partial charge in [0.25, 0.3) is 0 Å². The molecule has 1 aromatic carbocycles. The van der Waals surface area contributed by atoms with Gasteiger partial charge in [-0.05, 0) is 23.8 Å². The number of nitrogens with zero attached hydrogens (tertiary/aromatic N) is 1. The minimum atomic E-state index is -1.15. The number of amides is 2. The Morgan fingerprint density at radius 2 is 2.00 bits per heavy atom. The molecule has 0 saturated carbocycles. The molecule has 0 spiro atoms. The van der Waals surface area contributed by atoms with Crippen molar-refractivity contribution >= 4 is 24.0 Å². The molecule has 0 atom stereocenters. The van der Waals surface area contributed by atoms with Crippen LogP contribution in [0, 0.1) is 0 Å². The number of likely N-dealkylation sites (N-methyl/N-ethyl adjacent to an activating group) is 1.